The highest BCUT2D eigenvalue weighted by atomic mass is 79.9. The number of halogens is 2. The van der Waals surface area contributed by atoms with Gasteiger partial charge >= 0.3 is 5.97 Å². The van der Waals surface area contributed by atoms with Crippen LogP contribution < -0.4 is 5.32 Å². The van der Waals surface area contributed by atoms with Crippen molar-refractivity contribution < 1.29 is 14.7 Å². The molecule has 21 heavy (non-hydrogen) atoms. The zero-order valence-electron chi connectivity index (χ0n) is 11.6. The van der Waals surface area contributed by atoms with E-state index in [1.165, 1.54) is 0 Å². The Balaban J connectivity index is 2.15. The van der Waals surface area contributed by atoms with Crippen LogP contribution in [-0.4, -0.2) is 17.0 Å². The van der Waals surface area contributed by atoms with E-state index in [1.807, 2.05) is 19.1 Å². The van der Waals surface area contributed by atoms with Crippen molar-refractivity contribution in [3.8, 4) is 0 Å². The Morgan fingerprint density at radius 3 is 2.57 bits per heavy atom. The third kappa shape index (κ3) is 3.86. The summed E-state index contributed by atoms with van der Waals surface area (Å²) in [5, 5.41) is 12.2. The number of benzene rings is 1. The molecule has 1 aliphatic rings. The first-order chi connectivity index (χ1) is 9.92. The Kier molecular flexibility index (Phi) is 5.43. The van der Waals surface area contributed by atoms with Crippen molar-refractivity contribution >= 4 is 49.4 Å². The van der Waals surface area contributed by atoms with E-state index in [9.17, 15) is 14.7 Å². The predicted octanol–water partition coefficient (Wildman–Crippen LogP) is 4.29. The van der Waals surface area contributed by atoms with Crippen LogP contribution in [-0.2, 0) is 9.59 Å². The monoisotopic (exact) mass is 417 g/mol. The molecule has 1 saturated carbocycles. The number of carbonyl (C=O) groups is 2. The second-order valence-electron chi connectivity index (χ2n) is 5.41. The van der Waals surface area contributed by atoms with Crippen LogP contribution >= 0.6 is 31.9 Å². The number of carboxylic acids is 1. The molecule has 0 saturated heterocycles. The van der Waals surface area contributed by atoms with Gasteiger partial charge in [-0.1, -0.05) is 29.3 Å². The molecule has 114 valence electrons. The highest BCUT2D eigenvalue weighted by Crippen LogP contribution is 2.39. The molecule has 0 heterocycles. The number of carbonyl (C=O) groups excluding carboxylic acids is 1. The second kappa shape index (κ2) is 6.92. The van der Waals surface area contributed by atoms with Crippen molar-refractivity contribution in [2.24, 2.45) is 17.8 Å². The van der Waals surface area contributed by atoms with Crippen molar-refractivity contribution in [2.45, 2.75) is 26.2 Å². The van der Waals surface area contributed by atoms with Gasteiger partial charge in [-0.3, -0.25) is 9.59 Å². The quantitative estimate of drug-likeness (QED) is 0.766. The minimum atomic E-state index is -0.876. The Morgan fingerprint density at radius 1 is 1.29 bits per heavy atom. The zero-order chi connectivity index (χ0) is 15.6. The first-order valence-electron chi connectivity index (χ1n) is 6.91. The molecule has 2 N–H and O–H groups in total. The molecule has 0 aliphatic heterocycles. The van der Waals surface area contributed by atoms with Crippen LogP contribution in [0.3, 0.4) is 0 Å². The first-order valence-corrected chi connectivity index (χ1v) is 8.49. The number of hydrogen-bond acceptors (Lipinski definition) is 2. The topological polar surface area (TPSA) is 66.4 Å². The van der Waals surface area contributed by atoms with Gasteiger partial charge in [0.1, 0.15) is 0 Å². The predicted molar refractivity (Wildman–Crippen MR) is 88.1 cm³/mol. The van der Waals surface area contributed by atoms with Gasteiger partial charge in [-0.2, -0.15) is 0 Å². The fourth-order valence-electron chi connectivity index (χ4n) is 2.86. The molecule has 1 aliphatic carbocycles. The first kappa shape index (κ1) is 16.5. The SMILES string of the molecule is CCC1CC(C(=O)O)C(C(=O)Nc2cc(Br)ccc2Br)C1. The number of anilines is 1. The fourth-order valence-corrected chi connectivity index (χ4v) is 3.56. The summed E-state index contributed by atoms with van der Waals surface area (Å²) in [7, 11) is 0. The van der Waals surface area contributed by atoms with E-state index in [0.717, 1.165) is 15.4 Å². The summed E-state index contributed by atoms with van der Waals surface area (Å²) in [4.78, 5) is 23.8. The van der Waals surface area contributed by atoms with E-state index in [-0.39, 0.29) is 5.91 Å². The van der Waals surface area contributed by atoms with Crippen LogP contribution in [0, 0.1) is 17.8 Å². The van der Waals surface area contributed by atoms with Crippen LogP contribution in [0.25, 0.3) is 0 Å². The van der Waals surface area contributed by atoms with Crippen LogP contribution in [0.2, 0.25) is 0 Å². The van der Waals surface area contributed by atoms with Gasteiger partial charge in [0.25, 0.3) is 0 Å². The van der Waals surface area contributed by atoms with Crippen molar-refractivity contribution in [3.63, 3.8) is 0 Å². The van der Waals surface area contributed by atoms with E-state index in [1.54, 1.807) is 6.07 Å². The van der Waals surface area contributed by atoms with Gasteiger partial charge in [0.05, 0.1) is 17.5 Å². The summed E-state index contributed by atoms with van der Waals surface area (Å²) in [6.45, 7) is 2.04. The van der Waals surface area contributed by atoms with Crippen LogP contribution in [0.5, 0.6) is 0 Å². The average molecular weight is 419 g/mol. The molecule has 1 fully saturated rings. The lowest BCUT2D eigenvalue weighted by Gasteiger charge is -2.16. The van der Waals surface area contributed by atoms with Gasteiger partial charge < -0.3 is 10.4 Å². The normalized spacial score (nSPS) is 24.8. The molecule has 0 radical (unpaired) electrons. The number of aliphatic carboxylic acids is 1. The number of rotatable bonds is 4. The molecule has 1 aromatic carbocycles. The number of carboxylic acid groups (broad SMARTS) is 1. The number of nitrogens with one attached hydrogen (secondary N) is 1. The molecule has 3 unspecified atom stereocenters. The Bertz CT molecular complexity index is 562. The average Bonchev–Trinajstić information content (AvgIpc) is 2.87. The van der Waals surface area contributed by atoms with Crippen molar-refractivity contribution in [3.05, 3.63) is 27.1 Å². The lowest BCUT2D eigenvalue weighted by atomic mass is 9.95. The standard InChI is InChI=1S/C15H17Br2NO3/c1-2-8-5-10(11(6-8)15(20)21)14(19)18-13-7-9(16)3-4-12(13)17/h3-4,7-8,10-11H,2,5-6H2,1H3,(H,18,19)(H,20,21). The summed E-state index contributed by atoms with van der Waals surface area (Å²) < 4.78 is 1.63. The maximum atomic E-state index is 12.4. The summed E-state index contributed by atoms with van der Waals surface area (Å²) in [6.07, 6.45) is 2.14. The Hall–Kier alpha value is -0.880. The van der Waals surface area contributed by atoms with Crippen LogP contribution in [0.4, 0.5) is 5.69 Å². The maximum absolute atomic E-state index is 12.4. The number of amides is 1. The molecule has 1 amide bonds. The highest BCUT2D eigenvalue weighted by molar-refractivity contribution is 9.11. The van der Waals surface area contributed by atoms with E-state index in [0.29, 0.717) is 24.4 Å². The summed E-state index contributed by atoms with van der Waals surface area (Å²) >= 11 is 6.74. The van der Waals surface area contributed by atoms with Gasteiger partial charge in [-0.15, -0.1) is 0 Å². The molecule has 2 rings (SSSR count). The number of hydrogen-bond donors (Lipinski definition) is 2. The van der Waals surface area contributed by atoms with Crippen LogP contribution in [0.15, 0.2) is 27.1 Å². The largest absolute Gasteiger partial charge is 0.481 e. The van der Waals surface area contributed by atoms with Gasteiger partial charge in [-0.25, -0.2) is 0 Å². The summed E-state index contributed by atoms with van der Waals surface area (Å²) in [5.74, 6) is -1.82. The molecule has 0 aromatic heterocycles. The minimum Gasteiger partial charge on any atom is -0.481 e. The van der Waals surface area contributed by atoms with Crippen molar-refractivity contribution in [1.82, 2.24) is 0 Å². The lowest BCUT2D eigenvalue weighted by molar-refractivity contribution is -0.145. The Morgan fingerprint density at radius 2 is 1.95 bits per heavy atom. The molecule has 1 aromatic rings. The van der Waals surface area contributed by atoms with Gasteiger partial charge in [0, 0.05) is 8.95 Å². The molecular formula is C15H17Br2NO3. The third-order valence-corrected chi connectivity index (χ3v) is 5.26. The van der Waals surface area contributed by atoms with E-state index < -0.39 is 17.8 Å². The summed E-state index contributed by atoms with van der Waals surface area (Å²) in [5.41, 5.74) is 0.651. The van der Waals surface area contributed by atoms with Crippen molar-refractivity contribution in [1.29, 1.82) is 0 Å². The van der Waals surface area contributed by atoms with Gasteiger partial charge in [0.15, 0.2) is 0 Å². The van der Waals surface area contributed by atoms with Crippen LogP contribution in [0.1, 0.15) is 26.2 Å². The third-order valence-electron chi connectivity index (χ3n) is 4.08. The molecule has 3 atom stereocenters. The molecule has 4 nitrogen and oxygen atoms in total. The maximum Gasteiger partial charge on any atom is 0.307 e. The molecule has 6 heteroatoms. The highest BCUT2D eigenvalue weighted by Gasteiger charge is 2.42. The zero-order valence-corrected chi connectivity index (χ0v) is 14.8. The minimum absolute atomic E-state index is 0.211. The molecule has 0 spiro atoms. The van der Waals surface area contributed by atoms with E-state index in [4.69, 9.17) is 0 Å². The van der Waals surface area contributed by atoms with Gasteiger partial charge in [-0.05, 0) is 52.9 Å². The van der Waals surface area contributed by atoms with E-state index >= 15 is 0 Å². The molecular weight excluding hydrogens is 402 g/mol. The summed E-state index contributed by atoms with van der Waals surface area (Å²) in [6, 6.07) is 5.49. The van der Waals surface area contributed by atoms with Gasteiger partial charge in [0.2, 0.25) is 5.91 Å². The Labute approximate surface area is 140 Å². The smallest absolute Gasteiger partial charge is 0.307 e. The lowest BCUT2D eigenvalue weighted by Crippen LogP contribution is -2.30. The fraction of sp³-hybridized carbons (Fsp3) is 0.467. The van der Waals surface area contributed by atoms with Crippen molar-refractivity contribution in [2.75, 3.05) is 5.32 Å². The molecule has 0 bridgehead atoms. The van der Waals surface area contributed by atoms with E-state index in [2.05, 4.69) is 37.2 Å². The second-order valence-corrected chi connectivity index (χ2v) is 7.18.